The standard InChI is InChI=1S/C9H14N4O/c10-9-13-12-8(14-9)7-5-1-3-6(11-7)4-2-5/h5-7,11H,1-4H2,(H2,10,13). The molecule has 1 saturated carbocycles. The summed E-state index contributed by atoms with van der Waals surface area (Å²) >= 11 is 0. The third-order valence-electron chi connectivity index (χ3n) is 3.38. The normalized spacial score (nSPS) is 36.1. The predicted molar refractivity (Wildman–Crippen MR) is 50.3 cm³/mol. The fourth-order valence-electron chi connectivity index (χ4n) is 2.65. The molecule has 3 N–H and O–H groups in total. The molecule has 14 heavy (non-hydrogen) atoms. The monoisotopic (exact) mass is 194 g/mol. The molecule has 1 atom stereocenters. The first-order valence-corrected chi connectivity index (χ1v) is 5.18. The Bertz CT molecular complexity index is 329. The minimum absolute atomic E-state index is 0.170. The van der Waals surface area contributed by atoms with E-state index in [1.54, 1.807) is 0 Å². The van der Waals surface area contributed by atoms with Crippen molar-refractivity contribution in [1.29, 1.82) is 0 Å². The Labute approximate surface area is 82.1 Å². The summed E-state index contributed by atoms with van der Waals surface area (Å²) in [4.78, 5) is 0. The van der Waals surface area contributed by atoms with Gasteiger partial charge in [-0.2, -0.15) is 0 Å². The number of nitrogen functional groups attached to an aromatic ring is 1. The molecule has 0 spiro atoms. The Morgan fingerprint density at radius 3 is 2.50 bits per heavy atom. The summed E-state index contributed by atoms with van der Waals surface area (Å²) in [6.45, 7) is 0. The number of nitrogens with two attached hydrogens (primary N) is 1. The number of piperidine rings is 2. The number of nitrogens with one attached hydrogen (secondary N) is 1. The lowest BCUT2D eigenvalue weighted by Gasteiger charge is -2.41. The zero-order valence-electron chi connectivity index (χ0n) is 7.94. The van der Waals surface area contributed by atoms with Crippen LogP contribution in [0.5, 0.6) is 0 Å². The molecule has 1 unspecified atom stereocenters. The number of fused-ring (bicyclic) bond motifs is 3. The lowest BCUT2D eigenvalue weighted by atomic mass is 9.76. The van der Waals surface area contributed by atoms with Crippen LogP contribution in [0.2, 0.25) is 0 Å². The van der Waals surface area contributed by atoms with Crippen molar-refractivity contribution in [2.45, 2.75) is 37.8 Å². The van der Waals surface area contributed by atoms with E-state index in [0.29, 0.717) is 17.9 Å². The fraction of sp³-hybridized carbons (Fsp3) is 0.778. The summed E-state index contributed by atoms with van der Waals surface area (Å²) in [6.07, 6.45) is 5.10. The van der Waals surface area contributed by atoms with Gasteiger partial charge in [0.2, 0.25) is 5.89 Å². The van der Waals surface area contributed by atoms with Crippen LogP contribution in [-0.4, -0.2) is 16.2 Å². The van der Waals surface area contributed by atoms with E-state index in [0.717, 1.165) is 0 Å². The van der Waals surface area contributed by atoms with E-state index < -0.39 is 0 Å². The number of hydrogen-bond acceptors (Lipinski definition) is 5. The molecule has 3 heterocycles. The second-order valence-electron chi connectivity index (χ2n) is 4.23. The highest BCUT2D eigenvalue weighted by atomic mass is 16.4. The molecule has 76 valence electrons. The van der Waals surface area contributed by atoms with Crippen LogP contribution in [-0.2, 0) is 0 Å². The molecular weight excluding hydrogens is 180 g/mol. The minimum atomic E-state index is 0.170. The van der Waals surface area contributed by atoms with E-state index in [1.165, 1.54) is 25.7 Å². The van der Waals surface area contributed by atoms with Gasteiger partial charge in [-0.3, -0.25) is 0 Å². The van der Waals surface area contributed by atoms with Gasteiger partial charge >= 0.3 is 6.01 Å². The topological polar surface area (TPSA) is 77.0 Å². The van der Waals surface area contributed by atoms with Gasteiger partial charge in [-0.15, -0.1) is 5.10 Å². The maximum Gasteiger partial charge on any atom is 0.312 e. The van der Waals surface area contributed by atoms with Gasteiger partial charge in [0.25, 0.3) is 0 Å². The van der Waals surface area contributed by atoms with Crippen molar-refractivity contribution in [3.8, 4) is 0 Å². The van der Waals surface area contributed by atoms with Crippen molar-refractivity contribution in [1.82, 2.24) is 15.5 Å². The summed E-state index contributed by atoms with van der Waals surface area (Å²) in [5.74, 6) is 1.32. The predicted octanol–water partition coefficient (Wildman–Crippen LogP) is 0.855. The summed E-state index contributed by atoms with van der Waals surface area (Å²) < 4.78 is 5.27. The van der Waals surface area contributed by atoms with Crippen LogP contribution in [0.25, 0.3) is 0 Å². The van der Waals surface area contributed by atoms with Crippen molar-refractivity contribution in [2.24, 2.45) is 5.92 Å². The Kier molecular flexibility index (Phi) is 1.73. The maximum absolute atomic E-state index is 5.42. The van der Waals surface area contributed by atoms with Crippen LogP contribution in [0.15, 0.2) is 4.42 Å². The molecule has 4 rings (SSSR count). The molecule has 2 bridgehead atoms. The van der Waals surface area contributed by atoms with Crippen LogP contribution >= 0.6 is 0 Å². The van der Waals surface area contributed by atoms with Crippen molar-refractivity contribution in [3.05, 3.63) is 5.89 Å². The Balaban J connectivity index is 1.85. The number of aromatic nitrogens is 2. The Hall–Kier alpha value is -1.10. The maximum atomic E-state index is 5.42. The van der Waals surface area contributed by atoms with Crippen molar-refractivity contribution >= 4 is 6.01 Å². The van der Waals surface area contributed by atoms with E-state index in [4.69, 9.17) is 10.2 Å². The molecule has 3 fully saturated rings. The lowest BCUT2D eigenvalue weighted by Crippen LogP contribution is -2.46. The number of nitrogens with zero attached hydrogens (tertiary/aromatic N) is 2. The summed E-state index contributed by atoms with van der Waals surface area (Å²) in [5, 5.41) is 11.2. The molecule has 3 aliphatic rings. The third kappa shape index (κ3) is 1.19. The molecule has 1 aromatic rings. The highest BCUT2D eigenvalue weighted by Gasteiger charge is 2.38. The van der Waals surface area contributed by atoms with E-state index >= 15 is 0 Å². The lowest BCUT2D eigenvalue weighted by molar-refractivity contribution is 0.130. The zero-order chi connectivity index (χ0) is 9.54. The smallest absolute Gasteiger partial charge is 0.312 e. The Morgan fingerprint density at radius 1 is 1.21 bits per heavy atom. The van der Waals surface area contributed by atoms with Crippen molar-refractivity contribution in [2.75, 3.05) is 5.73 Å². The average Bonchev–Trinajstić information content (AvgIpc) is 2.66. The van der Waals surface area contributed by atoms with E-state index in [-0.39, 0.29) is 12.1 Å². The molecule has 0 amide bonds. The van der Waals surface area contributed by atoms with Gasteiger partial charge in [0.15, 0.2) is 0 Å². The highest BCUT2D eigenvalue weighted by molar-refractivity contribution is 5.09. The number of hydrogen-bond donors (Lipinski definition) is 2. The molecule has 0 aromatic carbocycles. The van der Waals surface area contributed by atoms with Gasteiger partial charge in [-0.05, 0) is 31.6 Å². The third-order valence-corrected chi connectivity index (χ3v) is 3.38. The first kappa shape index (κ1) is 8.23. The summed E-state index contributed by atoms with van der Waals surface area (Å²) in [5.41, 5.74) is 5.42. The van der Waals surface area contributed by atoms with Gasteiger partial charge in [0.05, 0.1) is 6.04 Å². The molecule has 5 heteroatoms. The minimum Gasteiger partial charge on any atom is -0.407 e. The largest absolute Gasteiger partial charge is 0.407 e. The van der Waals surface area contributed by atoms with Crippen LogP contribution in [0.1, 0.15) is 37.6 Å². The van der Waals surface area contributed by atoms with Gasteiger partial charge < -0.3 is 15.5 Å². The molecule has 5 nitrogen and oxygen atoms in total. The first-order valence-electron chi connectivity index (χ1n) is 5.18. The van der Waals surface area contributed by atoms with Gasteiger partial charge in [-0.1, -0.05) is 5.10 Å². The van der Waals surface area contributed by atoms with E-state index in [1.807, 2.05) is 0 Å². The number of rotatable bonds is 1. The summed E-state index contributed by atoms with van der Waals surface area (Å²) in [7, 11) is 0. The Morgan fingerprint density at radius 2 is 2.00 bits per heavy atom. The molecule has 2 aliphatic heterocycles. The molecule has 2 saturated heterocycles. The van der Waals surface area contributed by atoms with E-state index in [2.05, 4.69) is 15.5 Å². The molecule has 0 radical (unpaired) electrons. The van der Waals surface area contributed by atoms with Crippen molar-refractivity contribution < 1.29 is 4.42 Å². The number of anilines is 1. The zero-order valence-corrected chi connectivity index (χ0v) is 7.94. The van der Waals surface area contributed by atoms with Gasteiger partial charge in [0.1, 0.15) is 0 Å². The highest BCUT2D eigenvalue weighted by Crippen LogP contribution is 2.40. The summed E-state index contributed by atoms with van der Waals surface area (Å²) in [6, 6.07) is 1.05. The van der Waals surface area contributed by atoms with Crippen LogP contribution in [0, 0.1) is 5.92 Å². The quantitative estimate of drug-likeness (QED) is 0.693. The molecule has 1 aromatic heterocycles. The molecule has 1 aliphatic carbocycles. The van der Waals surface area contributed by atoms with E-state index in [9.17, 15) is 0 Å². The van der Waals surface area contributed by atoms with Gasteiger partial charge in [-0.25, -0.2) is 0 Å². The van der Waals surface area contributed by atoms with Gasteiger partial charge in [0, 0.05) is 6.04 Å². The second kappa shape index (κ2) is 2.95. The fourth-order valence-corrected chi connectivity index (χ4v) is 2.65. The average molecular weight is 194 g/mol. The second-order valence-corrected chi connectivity index (χ2v) is 4.23. The van der Waals surface area contributed by atoms with Crippen LogP contribution < -0.4 is 11.1 Å². The van der Waals surface area contributed by atoms with Crippen molar-refractivity contribution in [3.63, 3.8) is 0 Å². The van der Waals surface area contributed by atoms with Crippen LogP contribution in [0.3, 0.4) is 0 Å². The first-order chi connectivity index (χ1) is 6.83. The SMILES string of the molecule is Nc1nnc(C2NC3CCC2CC3)o1. The molecular formula is C9H14N4O. The van der Waals surface area contributed by atoms with Crippen LogP contribution in [0.4, 0.5) is 6.01 Å².